The number of rotatable bonds is 8. The van der Waals surface area contributed by atoms with Crippen molar-refractivity contribution >= 4 is 23.3 Å². The van der Waals surface area contributed by atoms with E-state index >= 15 is 0 Å². The molecule has 1 amide bonds. The van der Waals surface area contributed by atoms with Gasteiger partial charge in [-0.25, -0.2) is 4.79 Å². The Balaban J connectivity index is 1.85. The van der Waals surface area contributed by atoms with Gasteiger partial charge < -0.3 is 19.5 Å². The third kappa shape index (κ3) is 4.45. The van der Waals surface area contributed by atoms with E-state index in [0.29, 0.717) is 22.9 Å². The molecule has 1 heterocycles. The molecule has 1 N–H and O–H groups in total. The molecule has 7 nitrogen and oxygen atoms in total. The lowest BCUT2D eigenvalue weighted by Gasteiger charge is -2.27. The zero-order chi connectivity index (χ0) is 24.1. The summed E-state index contributed by atoms with van der Waals surface area (Å²) in [6.45, 7) is 1.93. The minimum Gasteiger partial charge on any atom is -0.497 e. The lowest BCUT2D eigenvalue weighted by molar-refractivity contribution is -0.138. The van der Waals surface area contributed by atoms with Gasteiger partial charge in [0.1, 0.15) is 17.2 Å². The van der Waals surface area contributed by atoms with Crippen molar-refractivity contribution in [2.24, 2.45) is 0 Å². The van der Waals surface area contributed by atoms with Crippen molar-refractivity contribution in [1.82, 2.24) is 0 Å². The van der Waals surface area contributed by atoms with Crippen molar-refractivity contribution in [1.29, 1.82) is 0 Å². The fourth-order valence-corrected chi connectivity index (χ4v) is 3.94. The minimum atomic E-state index is -0.665. The van der Waals surface area contributed by atoms with Gasteiger partial charge in [-0.15, -0.1) is 0 Å². The molecule has 0 bridgehead atoms. The number of esters is 1. The van der Waals surface area contributed by atoms with Gasteiger partial charge in [-0.1, -0.05) is 30.3 Å². The molecule has 1 unspecified atom stereocenters. The van der Waals surface area contributed by atoms with E-state index in [2.05, 4.69) is 5.32 Å². The molecule has 174 valence electrons. The topological polar surface area (TPSA) is 77.1 Å². The van der Waals surface area contributed by atoms with E-state index in [4.69, 9.17) is 14.2 Å². The van der Waals surface area contributed by atoms with Crippen LogP contribution >= 0.6 is 0 Å². The number of anilines is 2. The molecule has 1 aliphatic heterocycles. The van der Waals surface area contributed by atoms with Crippen molar-refractivity contribution in [3.63, 3.8) is 0 Å². The van der Waals surface area contributed by atoms with Crippen LogP contribution in [0.25, 0.3) is 0 Å². The molecule has 34 heavy (non-hydrogen) atoms. The monoisotopic (exact) mass is 458 g/mol. The maximum absolute atomic E-state index is 13.8. The first-order chi connectivity index (χ1) is 16.6. The lowest BCUT2D eigenvalue weighted by Crippen LogP contribution is -2.31. The maximum Gasteiger partial charge on any atom is 0.338 e. The molecule has 0 saturated carbocycles. The van der Waals surface area contributed by atoms with Crippen LogP contribution in [0.1, 0.15) is 18.5 Å². The van der Waals surface area contributed by atoms with Crippen LogP contribution in [0.4, 0.5) is 11.4 Å². The van der Waals surface area contributed by atoms with E-state index < -0.39 is 12.0 Å². The predicted molar refractivity (Wildman–Crippen MR) is 130 cm³/mol. The Morgan fingerprint density at radius 1 is 0.882 bits per heavy atom. The first-order valence-electron chi connectivity index (χ1n) is 10.9. The van der Waals surface area contributed by atoms with E-state index in [-0.39, 0.29) is 23.8 Å². The summed E-state index contributed by atoms with van der Waals surface area (Å²) in [6.07, 6.45) is 0. The highest BCUT2D eigenvalue weighted by Crippen LogP contribution is 2.42. The largest absolute Gasteiger partial charge is 0.497 e. The Morgan fingerprint density at radius 3 is 2.03 bits per heavy atom. The van der Waals surface area contributed by atoms with Crippen molar-refractivity contribution in [3.8, 4) is 11.5 Å². The third-order valence-electron chi connectivity index (χ3n) is 5.55. The number of carbonyl (C=O) groups excluding carboxylic acids is 2. The number of nitrogens with one attached hydrogen (secondary N) is 1. The molecule has 0 aromatic heterocycles. The van der Waals surface area contributed by atoms with E-state index in [0.717, 1.165) is 5.56 Å². The number of nitrogens with zero attached hydrogens (tertiary/aromatic N) is 1. The van der Waals surface area contributed by atoms with Crippen LogP contribution < -0.4 is 19.7 Å². The molecule has 7 heteroatoms. The number of methoxy groups -OCH3 is 2. The van der Waals surface area contributed by atoms with Gasteiger partial charge in [0.25, 0.3) is 5.91 Å². The molecule has 1 atom stereocenters. The van der Waals surface area contributed by atoms with E-state index in [9.17, 15) is 9.59 Å². The van der Waals surface area contributed by atoms with Crippen molar-refractivity contribution < 1.29 is 23.8 Å². The smallest absolute Gasteiger partial charge is 0.338 e. The summed E-state index contributed by atoms with van der Waals surface area (Å²) < 4.78 is 15.9. The second kappa shape index (κ2) is 10.1. The average molecular weight is 459 g/mol. The summed E-state index contributed by atoms with van der Waals surface area (Å²) in [5, 5.41) is 3.16. The Morgan fingerprint density at radius 2 is 1.47 bits per heavy atom. The van der Waals surface area contributed by atoms with E-state index in [1.165, 1.54) is 0 Å². The summed E-state index contributed by atoms with van der Waals surface area (Å²) in [6, 6.07) is 23.1. The van der Waals surface area contributed by atoms with Gasteiger partial charge in [0, 0.05) is 11.4 Å². The van der Waals surface area contributed by atoms with Gasteiger partial charge >= 0.3 is 5.97 Å². The highest BCUT2D eigenvalue weighted by molar-refractivity contribution is 6.18. The molecule has 3 aromatic carbocycles. The predicted octanol–water partition coefficient (Wildman–Crippen LogP) is 4.72. The van der Waals surface area contributed by atoms with Crippen molar-refractivity contribution in [2.75, 3.05) is 31.0 Å². The lowest BCUT2D eigenvalue weighted by atomic mass is 9.98. The SMILES string of the molecule is CCOC(=O)C1=C(Nc2ccc(OC)cc2)C(=O)N(c2ccc(OC)cc2)C1c1ccccc1. The van der Waals surface area contributed by atoms with Crippen molar-refractivity contribution in [2.45, 2.75) is 13.0 Å². The quantitative estimate of drug-likeness (QED) is 0.492. The number of benzene rings is 3. The highest BCUT2D eigenvalue weighted by Gasteiger charge is 2.45. The van der Waals surface area contributed by atoms with Gasteiger partial charge in [0.05, 0.1) is 32.4 Å². The van der Waals surface area contributed by atoms with Crippen LogP contribution in [-0.4, -0.2) is 32.7 Å². The maximum atomic E-state index is 13.8. The number of amides is 1. The summed E-state index contributed by atoms with van der Waals surface area (Å²) in [4.78, 5) is 28.7. The van der Waals surface area contributed by atoms with Crippen LogP contribution in [0.2, 0.25) is 0 Å². The summed E-state index contributed by atoms with van der Waals surface area (Å²) in [7, 11) is 3.17. The summed E-state index contributed by atoms with van der Waals surface area (Å²) in [5.41, 5.74) is 2.50. The number of hydrogen-bond acceptors (Lipinski definition) is 6. The Kier molecular flexibility index (Phi) is 6.82. The third-order valence-corrected chi connectivity index (χ3v) is 5.55. The zero-order valence-corrected chi connectivity index (χ0v) is 19.3. The van der Waals surface area contributed by atoms with E-state index in [1.54, 1.807) is 74.6 Å². The molecule has 3 aromatic rings. The van der Waals surface area contributed by atoms with Gasteiger partial charge in [0.15, 0.2) is 0 Å². The van der Waals surface area contributed by atoms with Crippen LogP contribution in [-0.2, 0) is 14.3 Å². The average Bonchev–Trinajstić information content (AvgIpc) is 3.17. The second-order valence-corrected chi connectivity index (χ2v) is 7.55. The van der Waals surface area contributed by atoms with Gasteiger partial charge in [0.2, 0.25) is 0 Å². The Hall–Kier alpha value is -4.26. The molecule has 0 radical (unpaired) electrons. The van der Waals surface area contributed by atoms with Crippen molar-refractivity contribution in [3.05, 3.63) is 95.7 Å². The molecule has 1 aliphatic rings. The highest BCUT2D eigenvalue weighted by atomic mass is 16.5. The van der Waals surface area contributed by atoms with E-state index in [1.807, 2.05) is 30.3 Å². The molecule has 0 aliphatic carbocycles. The first-order valence-corrected chi connectivity index (χ1v) is 10.9. The number of carbonyl (C=O) groups is 2. The summed E-state index contributed by atoms with van der Waals surface area (Å²) in [5.74, 6) is 0.473. The zero-order valence-electron chi connectivity index (χ0n) is 19.3. The number of ether oxygens (including phenoxy) is 3. The molecule has 4 rings (SSSR count). The van der Waals surface area contributed by atoms with Gasteiger partial charge in [-0.3, -0.25) is 9.69 Å². The fourth-order valence-electron chi connectivity index (χ4n) is 3.94. The molecule has 0 spiro atoms. The second-order valence-electron chi connectivity index (χ2n) is 7.55. The molecule has 0 saturated heterocycles. The van der Waals surface area contributed by atoms with Crippen LogP contribution in [0.3, 0.4) is 0 Å². The molecular formula is C27H26N2O5. The first kappa shape index (κ1) is 22.9. The Bertz CT molecular complexity index is 1190. The van der Waals surface area contributed by atoms with Gasteiger partial charge in [-0.05, 0) is 61.0 Å². The van der Waals surface area contributed by atoms with Crippen LogP contribution in [0, 0.1) is 0 Å². The van der Waals surface area contributed by atoms with Crippen LogP contribution in [0.5, 0.6) is 11.5 Å². The summed E-state index contributed by atoms with van der Waals surface area (Å²) >= 11 is 0. The molecular weight excluding hydrogens is 432 g/mol. The minimum absolute atomic E-state index is 0.174. The fraction of sp³-hybridized carbons (Fsp3) is 0.185. The van der Waals surface area contributed by atoms with Crippen LogP contribution in [0.15, 0.2) is 90.1 Å². The standard InChI is InChI=1S/C27H26N2O5/c1-4-34-27(31)23-24(28-19-10-14-21(32-2)15-11-19)26(30)29(20-12-16-22(33-3)17-13-20)25(23)18-8-6-5-7-9-18/h5-17,25,28H,4H2,1-3H3. The Labute approximate surface area is 198 Å². The molecule has 0 fully saturated rings. The number of hydrogen-bond donors (Lipinski definition) is 1. The normalized spacial score (nSPS) is 15.3. The van der Waals surface area contributed by atoms with Gasteiger partial charge in [-0.2, -0.15) is 0 Å².